The normalized spacial score (nSPS) is 20.6. The van der Waals surface area contributed by atoms with Crippen molar-refractivity contribution in [3.8, 4) is 16.3 Å². The van der Waals surface area contributed by atoms with Crippen LogP contribution in [0, 0.1) is 11.6 Å². The highest BCUT2D eigenvalue weighted by Gasteiger charge is 2.30. The highest BCUT2D eigenvalue weighted by Crippen LogP contribution is 2.40. The van der Waals surface area contributed by atoms with Crippen LogP contribution in [0.15, 0.2) is 36.5 Å². The first kappa shape index (κ1) is 19.2. The highest BCUT2D eigenvalue weighted by atomic mass is 32.1. The van der Waals surface area contributed by atoms with Crippen LogP contribution in [-0.4, -0.2) is 41.4 Å². The summed E-state index contributed by atoms with van der Waals surface area (Å²) in [4.78, 5) is 13.6. The fourth-order valence-electron chi connectivity index (χ4n) is 4.17. The average Bonchev–Trinajstić information content (AvgIpc) is 3.32. The third-order valence-corrected chi connectivity index (χ3v) is 6.61. The molecule has 9 heteroatoms. The van der Waals surface area contributed by atoms with Gasteiger partial charge in [0.25, 0.3) is 5.91 Å². The molecule has 0 saturated carbocycles. The number of rotatable bonds is 3. The van der Waals surface area contributed by atoms with E-state index in [1.165, 1.54) is 23.5 Å². The molecule has 0 unspecified atom stereocenters. The van der Waals surface area contributed by atoms with Crippen LogP contribution in [-0.2, 0) is 6.54 Å². The summed E-state index contributed by atoms with van der Waals surface area (Å²) in [5, 5.41) is 11.3. The number of nitrogens with one attached hydrogen (secondary N) is 2. The van der Waals surface area contributed by atoms with Gasteiger partial charge >= 0.3 is 0 Å². The summed E-state index contributed by atoms with van der Waals surface area (Å²) in [6.45, 7) is 2.40. The van der Waals surface area contributed by atoms with E-state index in [1.807, 2.05) is 16.8 Å². The summed E-state index contributed by atoms with van der Waals surface area (Å²) >= 11 is 1.30. The lowest BCUT2D eigenvalue weighted by molar-refractivity contribution is 0.0928. The number of halogens is 2. The lowest BCUT2D eigenvalue weighted by Crippen LogP contribution is -2.49. The van der Waals surface area contributed by atoms with E-state index in [9.17, 15) is 13.6 Å². The molecule has 2 N–H and O–H groups in total. The molecule has 4 heterocycles. The maximum absolute atomic E-state index is 13.7. The van der Waals surface area contributed by atoms with Crippen LogP contribution in [0.4, 0.5) is 8.78 Å². The van der Waals surface area contributed by atoms with Crippen molar-refractivity contribution in [3.05, 3.63) is 58.6 Å². The van der Waals surface area contributed by atoms with Gasteiger partial charge in [0, 0.05) is 30.8 Å². The lowest BCUT2D eigenvalue weighted by atomic mass is 9.86. The zero-order valence-electron chi connectivity index (χ0n) is 16.0. The third kappa shape index (κ3) is 3.59. The van der Waals surface area contributed by atoms with Gasteiger partial charge in [-0.25, -0.2) is 8.78 Å². The number of carbonyl (C=O) groups is 1. The molecule has 0 radical (unpaired) electrons. The quantitative estimate of drug-likeness (QED) is 0.670. The van der Waals surface area contributed by atoms with Gasteiger partial charge in [-0.15, -0.1) is 0 Å². The molecule has 1 fully saturated rings. The molecular weight excluding hydrogens is 410 g/mol. The van der Waals surface area contributed by atoms with Crippen molar-refractivity contribution in [1.29, 1.82) is 0 Å². The van der Waals surface area contributed by atoms with Gasteiger partial charge in [0.2, 0.25) is 0 Å². The average molecular weight is 430 g/mol. The van der Waals surface area contributed by atoms with Crippen molar-refractivity contribution in [3.63, 3.8) is 0 Å². The summed E-state index contributed by atoms with van der Waals surface area (Å²) in [7, 11) is 0. The predicted octanol–water partition coefficient (Wildman–Crippen LogP) is 3.16. The molecule has 2 atom stereocenters. The number of hydrogen-bond acceptors (Lipinski definition) is 5. The summed E-state index contributed by atoms with van der Waals surface area (Å²) in [5.74, 6) is -1.61. The second kappa shape index (κ2) is 7.81. The van der Waals surface area contributed by atoms with E-state index in [0.29, 0.717) is 41.6 Å². The monoisotopic (exact) mass is 430 g/mol. The Morgan fingerprint density at radius 2 is 2.10 bits per heavy atom. The van der Waals surface area contributed by atoms with Crippen molar-refractivity contribution in [1.82, 2.24) is 20.4 Å². The molecule has 5 rings (SSSR count). The highest BCUT2D eigenvalue weighted by molar-refractivity contribution is 7.16. The largest absolute Gasteiger partial charge is 0.481 e. The minimum Gasteiger partial charge on any atom is -0.481 e. The topological polar surface area (TPSA) is 68.2 Å². The maximum Gasteiger partial charge on any atom is 0.261 e. The molecule has 30 heavy (non-hydrogen) atoms. The van der Waals surface area contributed by atoms with E-state index in [4.69, 9.17) is 4.74 Å². The molecule has 2 aromatic heterocycles. The van der Waals surface area contributed by atoms with Crippen LogP contribution in [0.25, 0.3) is 11.3 Å². The zero-order valence-corrected chi connectivity index (χ0v) is 16.8. The van der Waals surface area contributed by atoms with Crippen LogP contribution < -0.4 is 15.4 Å². The van der Waals surface area contributed by atoms with Crippen molar-refractivity contribution in [2.45, 2.75) is 24.9 Å². The Kier molecular flexibility index (Phi) is 5.00. The summed E-state index contributed by atoms with van der Waals surface area (Å²) in [6.07, 6.45) is 2.41. The molecule has 0 spiro atoms. The first-order chi connectivity index (χ1) is 14.6. The van der Waals surface area contributed by atoms with Crippen molar-refractivity contribution in [2.24, 2.45) is 0 Å². The molecule has 6 nitrogen and oxygen atoms in total. The van der Waals surface area contributed by atoms with Gasteiger partial charge < -0.3 is 15.4 Å². The smallest absolute Gasteiger partial charge is 0.261 e. The van der Waals surface area contributed by atoms with E-state index in [2.05, 4.69) is 15.7 Å². The van der Waals surface area contributed by atoms with Crippen molar-refractivity contribution in [2.75, 3.05) is 19.7 Å². The standard InChI is InChI=1S/C21H20F2N4O2S/c22-13-7-12(8-14(23)9-13)15-1-3-24-11-17(15)26-20(28)19-10-16-18-2-4-25-27(18)5-6-29-21(16)30-19/h2,4,7-10,15,17,24H,1,3,5-6,11H2,(H,26,28)/t15-,17+/m0/s1. The number of ether oxygens (including phenoxy) is 1. The van der Waals surface area contributed by atoms with Gasteiger partial charge in [-0.1, -0.05) is 11.3 Å². The molecule has 0 aliphatic carbocycles. The Morgan fingerprint density at radius 1 is 1.27 bits per heavy atom. The van der Waals surface area contributed by atoms with E-state index < -0.39 is 11.6 Å². The van der Waals surface area contributed by atoms with Crippen molar-refractivity contribution >= 4 is 17.2 Å². The van der Waals surface area contributed by atoms with E-state index in [1.54, 1.807) is 6.20 Å². The van der Waals surface area contributed by atoms with Crippen LogP contribution in [0.3, 0.4) is 0 Å². The van der Waals surface area contributed by atoms with Crippen LogP contribution in [0.1, 0.15) is 27.6 Å². The minimum atomic E-state index is -0.607. The van der Waals surface area contributed by atoms with Gasteiger partial charge in [0.1, 0.15) is 18.2 Å². The summed E-state index contributed by atoms with van der Waals surface area (Å²) < 4.78 is 35.1. The second-order valence-electron chi connectivity index (χ2n) is 7.48. The molecule has 1 saturated heterocycles. The third-order valence-electron chi connectivity index (χ3n) is 5.56. The van der Waals surface area contributed by atoms with E-state index in [0.717, 1.165) is 23.9 Å². The number of aromatic nitrogens is 2. The Morgan fingerprint density at radius 3 is 2.93 bits per heavy atom. The Labute approximate surface area is 175 Å². The number of amides is 1. The SMILES string of the molecule is O=C(N[C@@H]1CNCC[C@H]1c1cc(F)cc(F)c1)c1cc2c(s1)OCCn1nccc1-2. The Hall–Kier alpha value is -2.78. The number of fused-ring (bicyclic) bond motifs is 3. The van der Waals surface area contributed by atoms with Crippen LogP contribution in [0.5, 0.6) is 5.06 Å². The van der Waals surface area contributed by atoms with Crippen molar-refractivity contribution < 1.29 is 18.3 Å². The van der Waals surface area contributed by atoms with E-state index >= 15 is 0 Å². The number of thiophene rings is 1. The lowest BCUT2D eigenvalue weighted by Gasteiger charge is -2.33. The fourth-order valence-corrected chi connectivity index (χ4v) is 5.12. The fraction of sp³-hybridized carbons (Fsp3) is 0.333. The minimum absolute atomic E-state index is 0.170. The Balaban J connectivity index is 1.39. The van der Waals surface area contributed by atoms with Gasteiger partial charge in [-0.05, 0) is 42.8 Å². The van der Waals surface area contributed by atoms with E-state index in [-0.39, 0.29) is 17.9 Å². The second-order valence-corrected chi connectivity index (χ2v) is 8.50. The summed E-state index contributed by atoms with van der Waals surface area (Å²) in [5.41, 5.74) is 2.34. The summed E-state index contributed by atoms with van der Waals surface area (Å²) in [6, 6.07) is 7.01. The molecule has 1 amide bonds. The van der Waals surface area contributed by atoms with Gasteiger partial charge in [-0.2, -0.15) is 5.10 Å². The number of hydrogen-bond donors (Lipinski definition) is 2. The van der Waals surface area contributed by atoms with Crippen LogP contribution >= 0.6 is 11.3 Å². The number of nitrogens with zero attached hydrogens (tertiary/aromatic N) is 2. The first-order valence-electron chi connectivity index (χ1n) is 9.85. The number of benzene rings is 1. The molecule has 2 aliphatic rings. The van der Waals surface area contributed by atoms with Gasteiger partial charge in [-0.3, -0.25) is 9.48 Å². The molecule has 1 aromatic carbocycles. The maximum atomic E-state index is 13.7. The Bertz CT molecular complexity index is 1080. The predicted molar refractivity (Wildman–Crippen MR) is 109 cm³/mol. The first-order valence-corrected chi connectivity index (χ1v) is 10.7. The number of piperidine rings is 1. The van der Waals surface area contributed by atoms with Gasteiger partial charge in [0.05, 0.1) is 22.7 Å². The molecule has 156 valence electrons. The molecular formula is C21H20F2N4O2S. The van der Waals surface area contributed by atoms with Crippen LogP contribution in [0.2, 0.25) is 0 Å². The molecule has 3 aromatic rings. The number of carbonyl (C=O) groups excluding carboxylic acids is 1. The van der Waals surface area contributed by atoms with Gasteiger partial charge in [0.15, 0.2) is 5.06 Å². The molecule has 2 aliphatic heterocycles. The zero-order chi connectivity index (χ0) is 20.7. The molecule has 0 bridgehead atoms.